The molecule has 0 fully saturated rings. The lowest BCUT2D eigenvalue weighted by molar-refractivity contribution is 0.0785. The molecule has 20 heavy (non-hydrogen) atoms. The zero-order valence-electron chi connectivity index (χ0n) is 11.4. The van der Waals surface area contributed by atoms with E-state index in [9.17, 15) is 5.11 Å². The van der Waals surface area contributed by atoms with E-state index >= 15 is 0 Å². The van der Waals surface area contributed by atoms with Crippen LogP contribution in [0.15, 0.2) is 18.5 Å². The lowest BCUT2D eigenvalue weighted by Gasteiger charge is -2.20. The Morgan fingerprint density at radius 3 is 3.00 bits per heavy atom. The molecular weight excluding hydrogens is 258 g/mol. The van der Waals surface area contributed by atoms with Crippen molar-refractivity contribution in [2.45, 2.75) is 31.4 Å². The zero-order valence-corrected chi connectivity index (χ0v) is 11.4. The number of rotatable bonds is 3. The van der Waals surface area contributed by atoms with Crippen molar-refractivity contribution < 1.29 is 9.84 Å². The number of fused-ring (bicyclic) bond motifs is 1. The Morgan fingerprint density at radius 2 is 2.35 bits per heavy atom. The number of nitrogens with zero attached hydrogens (tertiary/aromatic N) is 4. The van der Waals surface area contributed by atoms with Crippen LogP contribution < -0.4 is 10.5 Å². The summed E-state index contributed by atoms with van der Waals surface area (Å²) in [6.07, 6.45) is 6.76. The molecule has 106 valence electrons. The van der Waals surface area contributed by atoms with Crippen molar-refractivity contribution >= 4 is 17.1 Å². The smallest absolute Gasteiger partial charge is 0.246 e. The minimum absolute atomic E-state index is 0.00366. The number of nitrogens with two attached hydrogens (primary N) is 1. The Labute approximate surface area is 116 Å². The SMILES string of the molecule is CC[C@@]1(O)C=C[C@H](n2cnc3c(OC)nc(N)nc32)C1. The number of allylic oxidation sites excluding steroid dienone is 1. The number of aliphatic hydroxyl groups is 1. The molecule has 0 radical (unpaired) electrons. The molecule has 7 nitrogen and oxygen atoms in total. The molecule has 0 spiro atoms. The third-order valence-corrected chi connectivity index (χ3v) is 3.76. The van der Waals surface area contributed by atoms with Gasteiger partial charge in [-0.2, -0.15) is 9.97 Å². The first-order chi connectivity index (χ1) is 9.56. The highest BCUT2D eigenvalue weighted by molar-refractivity contribution is 5.77. The van der Waals surface area contributed by atoms with Gasteiger partial charge in [-0.3, -0.25) is 0 Å². The molecule has 2 aromatic rings. The maximum atomic E-state index is 10.3. The zero-order chi connectivity index (χ0) is 14.3. The van der Waals surface area contributed by atoms with Crippen LogP contribution in [-0.4, -0.2) is 37.3 Å². The molecule has 3 rings (SSSR count). The highest BCUT2D eigenvalue weighted by Gasteiger charge is 2.32. The van der Waals surface area contributed by atoms with Gasteiger partial charge in [-0.25, -0.2) is 4.98 Å². The monoisotopic (exact) mass is 275 g/mol. The van der Waals surface area contributed by atoms with Crippen molar-refractivity contribution in [1.82, 2.24) is 19.5 Å². The summed E-state index contributed by atoms with van der Waals surface area (Å²) in [6.45, 7) is 1.96. The maximum Gasteiger partial charge on any atom is 0.246 e. The Morgan fingerprint density at radius 1 is 1.55 bits per heavy atom. The number of anilines is 1. The van der Waals surface area contributed by atoms with Gasteiger partial charge in [-0.15, -0.1) is 0 Å². The second-order valence-corrected chi connectivity index (χ2v) is 5.00. The number of aromatic nitrogens is 4. The summed E-state index contributed by atoms with van der Waals surface area (Å²) >= 11 is 0. The van der Waals surface area contributed by atoms with Crippen LogP contribution in [0, 0.1) is 0 Å². The van der Waals surface area contributed by atoms with Crippen molar-refractivity contribution in [2.24, 2.45) is 0 Å². The first-order valence-electron chi connectivity index (χ1n) is 6.52. The van der Waals surface area contributed by atoms with E-state index in [1.54, 1.807) is 6.33 Å². The number of hydrogen-bond donors (Lipinski definition) is 2. The summed E-state index contributed by atoms with van der Waals surface area (Å²) in [5.41, 5.74) is 6.12. The van der Waals surface area contributed by atoms with Crippen LogP contribution in [0.5, 0.6) is 5.88 Å². The van der Waals surface area contributed by atoms with Crippen LogP contribution in [0.1, 0.15) is 25.8 Å². The lowest BCUT2D eigenvalue weighted by Crippen LogP contribution is -2.23. The van der Waals surface area contributed by atoms with E-state index in [1.807, 2.05) is 23.6 Å². The molecular formula is C13H17N5O2. The Kier molecular flexibility index (Phi) is 2.86. The molecule has 2 heterocycles. The molecule has 0 unspecified atom stereocenters. The fourth-order valence-electron chi connectivity index (χ4n) is 2.53. The molecule has 7 heteroatoms. The fourth-order valence-corrected chi connectivity index (χ4v) is 2.53. The second-order valence-electron chi connectivity index (χ2n) is 5.00. The van der Waals surface area contributed by atoms with Crippen LogP contribution in [-0.2, 0) is 0 Å². The van der Waals surface area contributed by atoms with E-state index in [1.165, 1.54) is 7.11 Å². The number of imidazole rings is 1. The first-order valence-corrected chi connectivity index (χ1v) is 6.52. The summed E-state index contributed by atoms with van der Waals surface area (Å²) in [7, 11) is 1.52. The van der Waals surface area contributed by atoms with Crippen molar-refractivity contribution in [2.75, 3.05) is 12.8 Å². The van der Waals surface area contributed by atoms with E-state index in [4.69, 9.17) is 10.5 Å². The molecule has 0 saturated heterocycles. The minimum Gasteiger partial charge on any atom is -0.479 e. The van der Waals surface area contributed by atoms with Gasteiger partial charge in [-0.05, 0) is 6.42 Å². The van der Waals surface area contributed by atoms with E-state index in [0.29, 0.717) is 29.9 Å². The molecule has 1 aliphatic carbocycles. The van der Waals surface area contributed by atoms with Crippen LogP contribution in [0.25, 0.3) is 11.2 Å². The number of hydrogen-bond acceptors (Lipinski definition) is 6. The summed E-state index contributed by atoms with van der Waals surface area (Å²) < 4.78 is 7.06. The highest BCUT2D eigenvalue weighted by Crippen LogP contribution is 2.35. The number of nitrogen functional groups attached to an aromatic ring is 1. The lowest BCUT2D eigenvalue weighted by atomic mass is 9.99. The Bertz CT molecular complexity index is 681. The molecule has 2 atom stereocenters. The Balaban J connectivity index is 2.06. The van der Waals surface area contributed by atoms with Gasteiger partial charge >= 0.3 is 0 Å². The van der Waals surface area contributed by atoms with Crippen LogP contribution in [0.3, 0.4) is 0 Å². The van der Waals surface area contributed by atoms with Crippen LogP contribution in [0.4, 0.5) is 5.95 Å². The average molecular weight is 275 g/mol. The van der Waals surface area contributed by atoms with Crippen molar-refractivity contribution in [1.29, 1.82) is 0 Å². The van der Waals surface area contributed by atoms with Gasteiger partial charge < -0.3 is 20.1 Å². The molecule has 0 aromatic carbocycles. The topological polar surface area (TPSA) is 99.1 Å². The maximum absolute atomic E-state index is 10.3. The highest BCUT2D eigenvalue weighted by atomic mass is 16.5. The summed E-state index contributed by atoms with van der Waals surface area (Å²) in [5, 5.41) is 10.3. The van der Waals surface area contributed by atoms with Crippen LogP contribution >= 0.6 is 0 Å². The van der Waals surface area contributed by atoms with E-state index in [0.717, 1.165) is 0 Å². The molecule has 1 aliphatic rings. The molecule has 0 bridgehead atoms. The normalized spacial score (nSPS) is 25.4. The van der Waals surface area contributed by atoms with Crippen molar-refractivity contribution in [3.05, 3.63) is 18.5 Å². The summed E-state index contributed by atoms with van der Waals surface area (Å²) in [6, 6.07) is 0.00366. The summed E-state index contributed by atoms with van der Waals surface area (Å²) in [4.78, 5) is 12.5. The van der Waals surface area contributed by atoms with Crippen molar-refractivity contribution in [3.8, 4) is 5.88 Å². The average Bonchev–Trinajstić information content (AvgIpc) is 3.02. The van der Waals surface area contributed by atoms with Crippen molar-refractivity contribution in [3.63, 3.8) is 0 Å². The molecule has 0 saturated carbocycles. The second kappa shape index (κ2) is 4.45. The van der Waals surface area contributed by atoms with E-state index in [2.05, 4.69) is 15.0 Å². The van der Waals surface area contributed by atoms with Gasteiger partial charge in [0.1, 0.15) is 0 Å². The molecule has 0 amide bonds. The van der Waals surface area contributed by atoms with Gasteiger partial charge in [0.25, 0.3) is 0 Å². The quantitative estimate of drug-likeness (QED) is 0.813. The standard InChI is InChI=1S/C13H17N5O2/c1-3-13(19)5-4-8(6-13)18-7-15-9-10(18)16-12(14)17-11(9)20-2/h4-5,7-8,19H,3,6H2,1-2H3,(H2,14,16,17)/t8-,13+/m0/s1. The van der Waals surface area contributed by atoms with Gasteiger partial charge in [-0.1, -0.05) is 19.1 Å². The predicted molar refractivity (Wildman–Crippen MR) is 74.3 cm³/mol. The van der Waals surface area contributed by atoms with Gasteiger partial charge in [0.15, 0.2) is 11.2 Å². The third-order valence-electron chi connectivity index (χ3n) is 3.76. The minimum atomic E-state index is -0.760. The fraction of sp³-hybridized carbons (Fsp3) is 0.462. The van der Waals surface area contributed by atoms with Gasteiger partial charge in [0.05, 0.1) is 25.1 Å². The predicted octanol–water partition coefficient (Wildman–Crippen LogP) is 1.06. The van der Waals surface area contributed by atoms with E-state index in [-0.39, 0.29) is 12.0 Å². The molecule has 2 aromatic heterocycles. The summed E-state index contributed by atoms with van der Waals surface area (Å²) in [5.74, 6) is 0.503. The largest absolute Gasteiger partial charge is 0.479 e. The Hall–Kier alpha value is -2.15. The van der Waals surface area contributed by atoms with E-state index < -0.39 is 5.60 Å². The number of methoxy groups -OCH3 is 1. The van der Waals surface area contributed by atoms with Gasteiger partial charge in [0.2, 0.25) is 11.8 Å². The van der Waals surface area contributed by atoms with Crippen LogP contribution in [0.2, 0.25) is 0 Å². The third kappa shape index (κ3) is 1.90. The number of ether oxygens (including phenoxy) is 1. The van der Waals surface area contributed by atoms with Gasteiger partial charge in [0, 0.05) is 6.42 Å². The molecule has 0 aliphatic heterocycles. The first kappa shape index (κ1) is 12.9. The molecule has 3 N–H and O–H groups in total.